The van der Waals surface area contributed by atoms with Gasteiger partial charge < -0.3 is 15.4 Å². The Bertz CT molecular complexity index is 870. The van der Waals surface area contributed by atoms with Gasteiger partial charge in [-0.25, -0.2) is 4.79 Å². The van der Waals surface area contributed by atoms with Gasteiger partial charge in [-0.3, -0.25) is 9.59 Å². The Hall–Kier alpha value is -3.15. The van der Waals surface area contributed by atoms with Crippen molar-refractivity contribution < 1.29 is 19.1 Å². The van der Waals surface area contributed by atoms with Crippen LogP contribution in [0.1, 0.15) is 35.3 Å². The van der Waals surface area contributed by atoms with E-state index in [1.165, 1.54) is 7.11 Å². The molecule has 0 unspecified atom stereocenters. The predicted molar refractivity (Wildman–Crippen MR) is 105 cm³/mol. The molecule has 0 aliphatic rings. The Labute approximate surface area is 158 Å². The molecule has 142 valence electrons. The standard InChI is InChI=1S/C21H24N2O4/c1-13-6-11-17(14(2)12-13)23-20(26)21(3,4)19(25)22-16-9-7-15(8-10-16)18(24)27-5/h6-12H,1-5H3,(H,22,25)(H,23,26). The summed E-state index contributed by atoms with van der Waals surface area (Å²) >= 11 is 0. The maximum absolute atomic E-state index is 12.7. The van der Waals surface area contributed by atoms with Gasteiger partial charge in [0.25, 0.3) is 0 Å². The number of rotatable bonds is 5. The smallest absolute Gasteiger partial charge is 0.337 e. The first-order chi connectivity index (χ1) is 12.6. The highest BCUT2D eigenvalue weighted by molar-refractivity contribution is 6.14. The van der Waals surface area contributed by atoms with Crippen LogP contribution in [-0.2, 0) is 14.3 Å². The minimum absolute atomic E-state index is 0.377. The Morgan fingerprint density at radius 2 is 1.48 bits per heavy atom. The fraction of sp³-hybridized carbons (Fsp3) is 0.286. The monoisotopic (exact) mass is 368 g/mol. The van der Waals surface area contributed by atoms with Gasteiger partial charge in [-0.1, -0.05) is 17.7 Å². The first-order valence-corrected chi connectivity index (χ1v) is 8.53. The highest BCUT2D eigenvalue weighted by atomic mass is 16.5. The molecule has 0 fully saturated rings. The molecule has 0 atom stereocenters. The van der Waals surface area contributed by atoms with Crippen LogP contribution in [0.2, 0.25) is 0 Å². The van der Waals surface area contributed by atoms with Gasteiger partial charge in [0.2, 0.25) is 11.8 Å². The van der Waals surface area contributed by atoms with E-state index in [2.05, 4.69) is 15.4 Å². The molecule has 0 saturated heterocycles. The van der Waals surface area contributed by atoms with Crippen LogP contribution < -0.4 is 10.6 Å². The van der Waals surface area contributed by atoms with E-state index in [4.69, 9.17) is 0 Å². The lowest BCUT2D eigenvalue weighted by Crippen LogP contribution is -2.41. The van der Waals surface area contributed by atoms with Crippen LogP contribution in [0, 0.1) is 19.3 Å². The number of ether oxygens (including phenoxy) is 1. The van der Waals surface area contributed by atoms with Crippen molar-refractivity contribution in [1.82, 2.24) is 0 Å². The second-order valence-electron chi connectivity index (χ2n) is 6.92. The average molecular weight is 368 g/mol. The molecule has 0 spiro atoms. The number of nitrogens with one attached hydrogen (secondary N) is 2. The number of aryl methyl sites for hydroxylation is 2. The van der Waals surface area contributed by atoms with Gasteiger partial charge in [0.1, 0.15) is 5.41 Å². The summed E-state index contributed by atoms with van der Waals surface area (Å²) in [6.07, 6.45) is 0. The zero-order chi connectivity index (χ0) is 20.2. The average Bonchev–Trinajstić information content (AvgIpc) is 2.63. The summed E-state index contributed by atoms with van der Waals surface area (Å²) in [7, 11) is 1.30. The normalized spacial score (nSPS) is 10.9. The Morgan fingerprint density at radius 1 is 0.889 bits per heavy atom. The van der Waals surface area contributed by atoms with E-state index in [1.807, 2.05) is 32.0 Å². The molecule has 6 heteroatoms. The van der Waals surface area contributed by atoms with Crippen molar-refractivity contribution in [2.45, 2.75) is 27.7 Å². The number of amides is 2. The lowest BCUT2D eigenvalue weighted by Gasteiger charge is -2.23. The molecule has 2 rings (SSSR count). The fourth-order valence-corrected chi connectivity index (χ4v) is 2.43. The van der Waals surface area contributed by atoms with Gasteiger partial charge in [-0.15, -0.1) is 0 Å². The number of benzene rings is 2. The van der Waals surface area contributed by atoms with Crippen molar-refractivity contribution >= 4 is 29.2 Å². The van der Waals surface area contributed by atoms with E-state index < -0.39 is 23.2 Å². The number of hydrogen-bond acceptors (Lipinski definition) is 4. The molecule has 2 N–H and O–H groups in total. The molecular weight excluding hydrogens is 344 g/mol. The molecule has 2 aromatic carbocycles. The van der Waals surface area contributed by atoms with Crippen LogP contribution in [0.3, 0.4) is 0 Å². The van der Waals surface area contributed by atoms with Crippen molar-refractivity contribution in [3.8, 4) is 0 Å². The molecule has 0 aliphatic heterocycles. The summed E-state index contributed by atoms with van der Waals surface area (Å²) in [5, 5.41) is 5.52. The lowest BCUT2D eigenvalue weighted by molar-refractivity contribution is -0.135. The number of carbonyl (C=O) groups is 3. The molecule has 0 aromatic heterocycles. The van der Waals surface area contributed by atoms with E-state index >= 15 is 0 Å². The van der Waals surface area contributed by atoms with Gasteiger partial charge in [0, 0.05) is 11.4 Å². The number of methoxy groups -OCH3 is 1. The maximum atomic E-state index is 12.7. The summed E-state index contributed by atoms with van der Waals surface area (Å²) in [6.45, 7) is 6.99. The van der Waals surface area contributed by atoms with Crippen LogP contribution in [0.4, 0.5) is 11.4 Å². The van der Waals surface area contributed by atoms with Gasteiger partial charge in [-0.05, 0) is 63.6 Å². The first kappa shape index (κ1) is 20.2. The summed E-state index contributed by atoms with van der Waals surface area (Å²) < 4.78 is 4.64. The van der Waals surface area contributed by atoms with Crippen LogP contribution >= 0.6 is 0 Å². The summed E-state index contributed by atoms with van der Waals surface area (Å²) in [6, 6.07) is 11.9. The minimum Gasteiger partial charge on any atom is -0.465 e. The highest BCUT2D eigenvalue weighted by Gasteiger charge is 2.36. The summed E-state index contributed by atoms with van der Waals surface area (Å²) in [5.41, 5.74) is 2.27. The van der Waals surface area contributed by atoms with Crippen LogP contribution in [0.15, 0.2) is 42.5 Å². The Morgan fingerprint density at radius 3 is 2.04 bits per heavy atom. The third-order valence-corrected chi connectivity index (χ3v) is 4.33. The van der Waals surface area contributed by atoms with Crippen molar-refractivity contribution in [1.29, 1.82) is 0 Å². The van der Waals surface area contributed by atoms with Crippen LogP contribution in [0.25, 0.3) is 0 Å². The molecule has 0 bridgehead atoms. The first-order valence-electron chi connectivity index (χ1n) is 8.53. The van der Waals surface area contributed by atoms with Crippen LogP contribution in [0.5, 0.6) is 0 Å². The van der Waals surface area contributed by atoms with Crippen molar-refractivity contribution in [2.75, 3.05) is 17.7 Å². The van der Waals surface area contributed by atoms with E-state index in [0.717, 1.165) is 11.1 Å². The quantitative estimate of drug-likeness (QED) is 0.623. The van der Waals surface area contributed by atoms with E-state index in [0.29, 0.717) is 16.9 Å². The topological polar surface area (TPSA) is 84.5 Å². The molecule has 0 aliphatic carbocycles. The number of esters is 1. The lowest BCUT2D eigenvalue weighted by atomic mass is 9.90. The Kier molecular flexibility index (Phi) is 6.00. The zero-order valence-electron chi connectivity index (χ0n) is 16.2. The zero-order valence-corrected chi connectivity index (χ0v) is 16.2. The third kappa shape index (κ3) is 4.73. The summed E-state index contributed by atoms with van der Waals surface area (Å²) in [4.78, 5) is 36.7. The Balaban J connectivity index is 2.09. The number of carbonyl (C=O) groups excluding carboxylic acids is 3. The van der Waals surface area contributed by atoms with E-state index in [1.54, 1.807) is 38.1 Å². The van der Waals surface area contributed by atoms with Crippen molar-refractivity contribution in [3.05, 3.63) is 59.2 Å². The predicted octanol–water partition coefficient (Wildman–Crippen LogP) is 3.69. The molecular formula is C21H24N2O4. The molecule has 0 saturated carbocycles. The molecule has 0 heterocycles. The molecule has 2 aromatic rings. The molecule has 2 amide bonds. The van der Waals surface area contributed by atoms with E-state index in [9.17, 15) is 14.4 Å². The third-order valence-electron chi connectivity index (χ3n) is 4.33. The molecule has 0 radical (unpaired) electrons. The second kappa shape index (κ2) is 8.03. The number of hydrogen-bond donors (Lipinski definition) is 2. The highest BCUT2D eigenvalue weighted by Crippen LogP contribution is 2.24. The van der Waals surface area contributed by atoms with Gasteiger partial charge in [-0.2, -0.15) is 0 Å². The fourth-order valence-electron chi connectivity index (χ4n) is 2.43. The SMILES string of the molecule is COC(=O)c1ccc(NC(=O)C(C)(C)C(=O)Nc2ccc(C)cc2C)cc1. The largest absolute Gasteiger partial charge is 0.465 e. The van der Waals surface area contributed by atoms with Crippen molar-refractivity contribution in [2.24, 2.45) is 5.41 Å². The van der Waals surface area contributed by atoms with Crippen molar-refractivity contribution in [3.63, 3.8) is 0 Å². The van der Waals surface area contributed by atoms with Gasteiger partial charge >= 0.3 is 5.97 Å². The van der Waals surface area contributed by atoms with Crippen LogP contribution in [-0.4, -0.2) is 24.9 Å². The molecule has 27 heavy (non-hydrogen) atoms. The van der Waals surface area contributed by atoms with E-state index in [-0.39, 0.29) is 0 Å². The van der Waals surface area contributed by atoms with Gasteiger partial charge in [0.05, 0.1) is 12.7 Å². The van der Waals surface area contributed by atoms with Gasteiger partial charge in [0.15, 0.2) is 0 Å². The second-order valence-corrected chi connectivity index (χ2v) is 6.92. The summed E-state index contributed by atoms with van der Waals surface area (Å²) in [5.74, 6) is -1.31. The minimum atomic E-state index is -1.29. The molecule has 6 nitrogen and oxygen atoms in total. The maximum Gasteiger partial charge on any atom is 0.337 e. The number of anilines is 2.